The van der Waals surface area contributed by atoms with Crippen molar-refractivity contribution in [1.82, 2.24) is 10.6 Å². The van der Waals surface area contributed by atoms with E-state index in [1.807, 2.05) is 51.1 Å². The number of aliphatic hydroxyl groups is 1. The fourth-order valence-electron chi connectivity index (χ4n) is 2.67. The molecule has 2 rings (SSSR count). The van der Waals surface area contributed by atoms with Crippen molar-refractivity contribution in [2.45, 2.75) is 46.4 Å². The highest BCUT2D eigenvalue weighted by Gasteiger charge is 2.09. The first-order valence-electron chi connectivity index (χ1n) is 9.50. The van der Waals surface area contributed by atoms with E-state index in [4.69, 9.17) is 4.74 Å². The Morgan fingerprint density at radius 2 is 1.85 bits per heavy atom. The number of aryl methyl sites for hydroxylation is 1. The fraction of sp³-hybridized carbons (Fsp3) is 0.409. The monoisotopic (exact) mass is 369 g/mol. The fourth-order valence-corrected chi connectivity index (χ4v) is 2.67. The molecular formula is C22H31N3O2. The molecule has 2 aromatic rings. The lowest BCUT2D eigenvalue weighted by Gasteiger charge is -2.16. The average Bonchev–Trinajstić information content (AvgIpc) is 2.64. The Kier molecular flexibility index (Phi) is 8.14. The summed E-state index contributed by atoms with van der Waals surface area (Å²) < 4.78 is 5.64. The molecule has 0 aliphatic heterocycles. The zero-order chi connectivity index (χ0) is 19.6. The summed E-state index contributed by atoms with van der Waals surface area (Å²) in [6.07, 6.45) is -0.490. The van der Waals surface area contributed by atoms with Gasteiger partial charge in [-0.3, -0.25) is 0 Å². The molecule has 1 atom stereocenters. The van der Waals surface area contributed by atoms with Crippen molar-refractivity contribution in [1.29, 1.82) is 0 Å². The number of nitrogens with one attached hydrogen (secondary N) is 2. The van der Waals surface area contributed by atoms with Crippen LogP contribution in [-0.2, 0) is 6.54 Å². The summed E-state index contributed by atoms with van der Waals surface area (Å²) in [5.41, 5.74) is 3.22. The highest BCUT2D eigenvalue weighted by atomic mass is 16.5. The van der Waals surface area contributed by atoms with E-state index in [0.717, 1.165) is 23.4 Å². The molecule has 5 nitrogen and oxygen atoms in total. The zero-order valence-corrected chi connectivity index (χ0v) is 16.7. The first kappa shape index (κ1) is 20.8. The van der Waals surface area contributed by atoms with Crippen LogP contribution in [0.25, 0.3) is 0 Å². The molecule has 0 spiro atoms. The Hall–Kier alpha value is -2.53. The minimum atomic E-state index is -0.624. The van der Waals surface area contributed by atoms with Crippen molar-refractivity contribution in [3.05, 3.63) is 65.2 Å². The van der Waals surface area contributed by atoms with Crippen molar-refractivity contribution in [2.24, 2.45) is 4.99 Å². The molecule has 5 heteroatoms. The molecule has 27 heavy (non-hydrogen) atoms. The molecule has 0 amide bonds. The third-order valence-corrected chi connectivity index (χ3v) is 3.95. The van der Waals surface area contributed by atoms with Crippen LogP contribution in [0.15, 0.2) is 53.5 Å². The first-order valence-corrected chi connectivity index (χ1v) is 9.50. The molecule has 0 fully saturated rings. The van der Waals surface area contributed by atoms with Crippen LogP contribution in [0.2, 0.25) is 0 Å². The van der Waals surface area contributed by atoms with E-state index in [1.54, 1.807) is 0 Å². The Labute approximate surface area is 162 Å². The maximum absolute atomic E-state index is 10.4. The summed E-state index contributed by atoms with van der Waals surface area (Å²) >= 11 is 0. The third-order valence-electron chi connectivity index (χ3n) is 3.95. The van der Waals surface area contributed by atoms with E-state index in [-0.39, 0.29) is 6.10 Å². The third kappa shape index (κ3) is 7.31. The van der Waals surface area contributed by atoms with Gasteiger partial charge in [0.2, 0.25) is 0 Å². The van der Waals surface area contributed by atoms with Crippen molar-refractivity contribution < 1.29 is 9.84 Å². The topological polar surface area (TPSA) is 65.9 Å². The molecule has 146 valence electrons. The van der Waals surface area contributed by atoms with Gasteiger partial charge < -0.3 is 20.5 Å². The second kappa shape index (κ2) is 10.6. The van der Waals surface area contributed by atoms with E-state index in [9.17, 15) is 5.11 Å². The Bertz CT molecular complexity index is 727. The van der Waals surface area contributed by atoms with Crippen LogP contribution in [0.4, 0.5) is 0 Å². The molecule has 0 aliphatic carbocycles. The maximum atomic E-state index is 10.4. The zero-order valence-electron chi connectivity index (χ0n) is 16.7. The highest BCUT2D eigenvalue weighted by Crippen LogP contribution is 2.18. The molecule has 1 unspecified atom stereocenters. The van der Waals surface area contributed by atoms with E-state index < -0.39 is 6.10 Å². The second-order valence-electron chi connectivity index (χ2n) is 6.82. The van der Waals surface area contributed by atoms with Gasteiger partial charge in [0, 0.05) is 13.1 Å². The number of aliphatic imine (C=N–C) groups is 1. The van der Waals surface area contributed by atoms with E-state index in [1.165, 1.54) is 5.56 Å². The van der Waals surface area contributed by atoms with Gasteiger partial charge in [0.15, 0.2) is 5.96 Å². The van der Waals surface area contributed by atoms with Crippen LogP contribution in [-0.4, -0.2) is 30.3 Å². The Morgan fingerprint density at radius 1 is 1.11 bits per heavy atom. The maximum Gasteiger partial charge on any atom is 0.191 e. The van der Waals surface area contributed by atoms with Crippen molar-refractivity contribution in [3.8, 4) is 5.75 Å². The number of benzene rings is 2. The minimum absolute atomic E-state index is 0.134. The number of guanidine groups is 1. The molecule has 0 bridgehead atoms. The molecule has 0 radical (unpaired) electrons. The van der Waals surface area contributed by atoms with Crippen molar-refractivity contribution >= 4 is 5.96 Å². The van der Waals surface area contributed by atoms with Crippen LogP contribution in [0.5, 0.6) is 5.75 Å². The number of hydrogen-bond acceptors (Lipinski definition) is 3. The molecule has 2 aromatic carbocycles. The van der Waals surface area contributed by atoms with Crippen LogP contribution in [0, 0.1) is 6.92 Å². The van der Waals surface area contributed by atoms with Gasteiger partial charge in [0.05, 0.1) is 18.8 Å². The number of aliphatic hydroxyl groups excluding tert-OH is 1. The smallest absolute Gasteiger partial charge is 0.191 e. The van der Waals surface area contributed by atoms with Crippen LogP contribution >= 0.6 is 0 Å². The lowest BCUT2D eigenvalue weighted by molar-refractivity contribution is 0.180. The first-order chi connectivity index (χ1) is 13.0. The Balaban J connectivity index is 1.92. The second-order valence-corrected chi connectivity index (χ2v) is 6.82. The summed E-state index contributed by atoms with van der Waals surface area (Å²) in [4.78, 5) is 4.60. The molecule has 0 saturated carbocycles. The van der Waals surface area contributed by atoms with E-state index in [2.05, 4.69) is 40.7 Å². The lowest BCUT2D eigenvalue weighted by atomic mass is 10.1. The van der Waals surface area contributed by atoms with Gasteiger partial charge in [-0.05, 0) is 51.0 Å². The van der Waals surface area contributed by atoms with E-state index in [0.29, 0.717) is 19.0 Å². The normalized spacial score (nSPS) is 12.7. The summed E-state index contributed by atoms with van der Waals surface area (Å²) in [6, 6.07) is 15.9. The van der Waals surface area contributed by atoms with Crippen molar-refractivity contribution in [3.63, 3.8) is 0 Å². The standard InChI is InChI=1S/C22H31N3O2/c1-5-23-22(24-14-18-8-6-7-17(4)13-18)25-15-21(26)19-9-11-20(12-10-19)27-16(2)3/h6-13,16,21,26H,5,14-15H2,1-4H3,(H2,23,24,25). The van der Waals surface area contributed by atoms with Crippen LogP contribution < -0.4 is 15.4 Å². The van der Waals surface area contributed by atoms with Gasteiger partial charge in [-0.1, -0.05) is 42.0 Å². The molecular weight excluding hydrogens is 338 g/mol. The SMILES string of the molecule is CCNC(=NCc1cccc(C)c1)NCC(O)c1ccc(OC(C)C)cc1. The van der Waals surface area contributed by atoms with Crippen LogP contribution in [0.1, 0.15) is 43.6 Å². The van der Waals surface area contributed by atoms with E-state index >= 15 is 0 Å². The largest absolute Gasteiger partial charge is 0.491 e. The summed E-state index contributed by atoms with van der Waals surface area (Å²) in [7, 11) is 0. The number of rotatable bonds is 8. The average molecular weight is 370 g/mol. The van der Waals surface area contributed by atoms with Gasteiger partial charge in [-0.2, -0.15) is 0 Å². The highest BCUT2D eigenvalue weighted by molar-refractivity contribution is 5.79. The molecule has 0 saturated heterocycles. The number of nitrogens with zero attached hydrogens (tertiary/aromatic N) is 1. The molecule has 3 N–H and O–H groups in total. The van der Waals surface area contributed by atoms with Gasteiger partial charge >= 0.3 is 0 Å². The lowest BCUT2D eigenvalue weighted by Crippen LogP contribution is -2.39. The number of hydrogen-bond donors (Lipinski definition) is 3. The predicted molar refractivity (Wildman–Crippen MR) is 111 cm³/mol. The van der Waals surface area contributed by atoms with Gasteiger partial charge in [-0.25, -0.2) is 4.99 Å². The minimum Gasteiger partial charge on any atom is -0.491 e. The van der Waals surface area contributed by atoms with Gasteiger partial charge in [0.25, 0.3) is 0 Å². The van der Waals surface area contributed by atoms with Crippen LogP contribution in [0.3, 0.4) is 0 Å². The van der Waals surface area contributed by atoms with Gasteiger partial charge in [0.1, 0.15) is 5.75 Å². The van der Waals surface area contributed by atoms with Crippen molar-refractivity contribution in [2.75, 3.05) is 13.1 Å². The van der Waals surface area contributed by atoms with Gasteiger partial charge in [-0.15, -0.1) is 0 Å². The molecule has 0 heterocycles. The molecule has 0 aromatic heterocycles. The number of ether oxygens (including phenoxy) is 1. The molecule has 0 aliphatic rings. The quantitative estimate of drug-likeness (QED) is 0.492. The Morgan fingerprint density at radius 3 is 2.48 bits per heavy atom. The predicted octanol–water partition coefficient (Wildman–Crippen LogP) is 3.57. The summed E-state index contributed by atoms with van der Waals surface area (Å²) in [6.45, 7) is 9.81. The summed E-state index contributed by atoms with van der Waals surface area (Å²) in [5.74, 6) is 1.50. The summed E-state index contributed by atoms with van der Waals surface area (Å²) in [5, 5.41) is 16.9.